The zero-order valence-corrected chi connectivity index (χ0v) is 13.9. The Labute approximate surface area is 139 Å². The largest absolute Gasteiger partial charge is 0.356 e. The first-order chi connectivity index (χ1) is 11.3. The predicted octanol–water partition coefficient (Wildman–Crippen LogP) is 3.74. The summed E-state index contributed by atoms with van der Waals surface area (Å²) in [6.45, 7) is 0.717. The smallest absolute Gasteiger partial charge is 0.227 e. The van der Waals surface area contributed by atoms with Gasteiger partial charge in [0.25, 0.3) is 0 Å². The van der Waals surface area contributed by atoms with Crippen LogP contribution in [0.15, 0.2) is 33.0 Å². The van der Waals surface area contributed by atoms with E-state index in [-0.39, 0.29) is 5.91 Å². The molecule has 5 nitrogen and oxygen atoms in total. The number of carbonyl (C=O) groups excluding carboxylic acids is 1. The maximum absolute atomic E-state index is 11.9. The van der Waals surface area contributed by atoms with Crippen LogP contribution in [-0.2, 0) is 11.2 Å². The lowest BCUT2D eigenvalue weighted by molar-refractivity contribution is -0.121. The average Bonchev–Trinajstić information content (AvgIpc) is 3.25. The van der Waals surface area contributed by atoms with Crippen molar-refractivity contribution in [1.29, 1.82) is 0 Å². The molecule has 23 heavy (non-hydrogen) atoms. The van der Waals surface area contributed by atoms with Gasteiger partial charge in [-0.1, -0.05) is 16.8 Å². The molecule has 3 rings (SSSR count). The summed E-state index contributed by atoms with van der Waals surface area (Å²) in [6.07, 6.45) is 9.09. The van der Waals surface area contributed by atoms with E-state index in [9.17, 15) is 4.79 Å². The van der Waals surface area contributed by atoms with Crippen LogP contribution >= 0.6 is 11.3 Å². The Bertz CT molecular complexity index is 661. The third-order valence-electron chi connectivity index (χ3n) is 3.97. The van der Waals surface area contributed by atoms with Gasteiger partial charge in [-0.15, -0.1) is 0 Å². The summed E-state index contributed by atoms with van der Waals surface area (Å²) in [7, 11) is 0. The fraction of sp³-hybridized carbons (Fsp3) is 0.471. The minimum absolute atomic E-state index is 0.0386. The molecule has 0 aliphatic heterocycles. The van der Waals surface area contributed by atoms with Gasteiger partial charge in [-0.05, 0) is 43.6 Å². The van der Waals surface area contributed by atoms with Gasteiger partial charge < -0.3 is 9.84 Å². The number of aryl methyl sites for hydroxylation is 1. The second kappa shape index (κ2) is 8.06. The summed E-state index contributed by atoms with van der Waals surface area (Å²) in [5.74, 6) is 1.14. The van der Waals surface area contributed by atoms with Crippen LogP contribution in [0.25, 0.3) is 11.4 Å². The molecule has 0 bridgehead atoms. The highest BCUT2D eigenvalue weighted by Crippen LogP contribution is 2.20. The van der Waals surface area contributed by atoms with Crippen LogP contribution in [0, 0.1) is 0 Å². The van der Waals surface area contributed by atoms with E-state index in [1.54, 1.807) is 11.3 Å². The highest BCUT2D eigenvalue weighted by Gasteiger charge is 2.11. The third kappa shape index (κ3) is 4.76. The fourth-order valence-corrected chi connectivity index (χ4v) is 3.30. The topological polar surface area (TPSA) is 68.0 Å². The molecule has 0 unspecified atom stereocenters. The van der Waals surface area contributed by atoms with E-state index >= 15 is 0 Å². The molecule has 1 aliphatic rings. The minimum atomic E-state index is 0.0386. The maximum atomic E-state index is 11.9. The molecule has 0 fully saturated rings. The molecular weight excluding hydrogens is 310 g/mol. The van der Waals surface area contributed by atoms with Crippen molar-refractivity contribution in [2.75, 3.05) is 6.54 Å². The monoisotopic (exact) mass is 331 g/mol. The second-order valence-corrected chi connectivity index (χ2v) is 6.51. The van der Waals surface area contributed by atoms with Crippen LogP contribution in [0.5, 0.6) is 0 Å². The molecule has 0 saturated carbocycles. The van der Waals surface area contributed by atoms with Gasteiger partial charge in [-0.3, -0.25) is 4.79 Å². The van der Waals surface area contributed by atoms with E-state index in [0.717, 1.165) is 12.0 Å². The van der Waals surface area contributed by atoms with Gasteiger partial charge >= 0.3 is 0 Å². The van der Waals surface area contributed by atoms with Crippen molar-refractivity contribution in [3.05, 3.63) is 34.4 Å². The molecule has 0 spiro atoms. The van der Waals surface area contributed by atoms with Crippen molar-refractivity contribution < 1.29 is 9.32 Å². The molecule has 0 aromatic carbocycles. The van der Waals surface area contributed by atoms with Crippen LogP contribution in [-0.4, -0.2) is 22.6 Å². The molecule has 0 saturated heterocycles. The van der Waals surface area contributed by atoms with Crippen LogP contribution in [0.3, 0.4) is 0 Å². The van der Waals surface area contributed by atoms with E-state index in [2.05, 4.69) is 21.5 Å². The molecule has 1 amide bonds. The Morgan fingerprint density at radius 3 is 3.09 bits per heavy atom. The molecule has 122 valence electrons. The lowest BCUT2D eigenvalue weighted by Gasteiger charge is -2.12. The Hall–Kier alpha value is -1.95. The van der Waals surface area contributed by atoms with E-state index in [4.69, 9.17) is 4.52 Å². The van der Waals surface area contributed by atoms with Crippen molar-refractivity contribution in [3.63, 3.8) is 0 Å². The van der Waals surface area contributed by atoms with Gasteiger partial charge in [0, 0.05) is 30.3 Å². The number of thiophene rings is 1. The summed E-state index contributed by atoms with van der Waals surface area (Å²) in [5.41, 5.74) is 2.43. The lowest BCUT2D eigenvalue weighted by Crippen LogP contribution is -2.25. The first-order valence-electron chi connectivity index (χ1n) is 8.11. The van der Waals surface area contributed by atoms with Crippen LogP contribution in [0.4, 0.5) is 0 Å². The number of amides is 1. The average molecular weight is 331 g/mol. The first-order valence-corrected chi connectivity index (χ1v) is 9.05. The summed E-state index contributed by atoms with van der Waals surface area (Å²) >= 11 is 1.59. The number of rotatable bonds is 7. The molecule has 2 aromatic heterocycles. The van der Waals surface area contributed by atoms with Crippen LogP contribution in [0.1, 0.15) is 44.4 Å². The van der Waals surface area contributed by atoms with Gasteiger partial charge in [0.1, 0.15) is 0 Å². The zero-order valence-electron chi connectivity index (χ0n) is 13.1. The van der Waals surface area contributed by atoms with Gasteiger partial charge in [0.15, 0.2) is 0 Å². The Morgan fingerprint density at radius 2 is 2.30 bits per heavy atom. The quantitative estimate of drug-likeness (QED) is 0.785. The molecule has 6 heteroatoms. The Balaban J connectivity index is 1.38. The van der Waals surface area contributed by atoms with Crippen molar-refractivity contribution in [1.82, 2.24) is 15.5 Å². The SMILES string of the molecule is O=C(CCc1nc(-c2ccsc2)no1)NCCC1=CCCCC1. The van der Waals surface area contributed by atoms with Gasteiger partial charge in [-0.25, -0.2) is 0 Å². The molecular formula is C17H21N3O2S. The number of hydrogen-bond donors (Lipinski definition) is 1. The maximum Gasteiger partial charge on any atom is 0.227 e. The van der Waals surface area contributed by atoms with Crippen molar-refractivity contribution >= 4 is 17.2 Å². The van der Waals surface area contributed by atoms with Crippen LogP contribution < -0.4 is 5.32 Å². The van der Waals surface area contributed by atoms with Crippen molar-refractivity contribution in [3.8, 4) is 11.4 Å². The summed E-state index contributed by atoms with van der Waals surface area (Å²) in [4.78, 5) is 16.2. The Kier molecular flexibility index (Phi) is 5.58. The molecule has 0 atom stereocenters. The number of nitrogens with zero attached hydrogens (tertiary/aromatic N) is 2. The van der Waals surface area contributed by atoms with Gasteiger partial charge in [0.2, 0.25) is 17.6 Å². The van der Waals surface area contributed by atoms with E-state index < -0.39 is 0 Å². The molecule has 2 heterocycles. The van der Waals surface area contributed by atoms with Crippen molar-refractivity contribution in [2.24, 2.45) is 0 Å². The number of hydrogen-bond acceptors (Lipinski definition) is 5. The Morgan fingerprint density at radius 1 is 1.35 bits per heavy atom. The standard InChI is InChI=1S/C17H21N3O2S/c21-15(18-10-8-13-4-2-1-3-5-13)6-7-16-19-17(20-22-16)14-9-11-23-12-14/h4,9,11-12H,1-3,5-8,10H2,(H,18,21). The van der Waals surface area contributed by atoms with E-state index in [1.165, 1.54) is 31.3 Å². The summed E-state index contributed by atoms with van der Waals surface area (Å²) < 4.78 is 5.19. The number of nitrogens with one attached hydrogen (secondary N) is 1. The van der Waals surface area contributed by atoms with Crippen LogP contribution in [0.2, 0.25) is 0 Å². The molecule has 2 aromatic rings. The molecule has 1 N–H and O–H groups in total. The lowest BCUT2D eigenvalue weighted by atomic mass is 9.97. The summed E-state index contributed by atoms with van der Waals surface area (Å²) in [6, 6.07) is 1.95. The fourth-order valence-electron chi connectivity index (χ4n) is 2.67. The van der Waals surface area contributed by atoms with Gasteiger partial charge in [-0.2, -0.15) is 16.3 Å². The van der Waals surface area contributed by atoms with E-state index in [1.807, 2.05) is 16.8 Å². The normalized spacial score (nSPS) is 14.5. The third-order valence-corrected chi connectivity index (χ3v) is 4.65. The molecule has 0 radical (unpaired) electrons. The number of carbonyl (C=O) groups is 1. The highest BCUT2D eigenvalue weighted by molar-refractivity contribution is 7.08. The van der Waals surface area contributed by atoms with Crippen molar-refractivity contribution in [2.45, 2.75) is 44.9 Å². The predicted molar refractivity (Wildman–Crippen MR) is 90.1 cm³/mol. The summed E-state index contributed by atoms with van der Waals surface area (Å²) in [5, 5.41) is 10.9. The second-order valence-electron chi connectivity index (χ2n) is 5.73. The number of aromatic nitrogens is 2. The zero-order chi connectivity index (χ0) is 15.9. The number of allylic oxidation sites excluding steroid dienone is 1. The first kappa shape index (κ1) is 15.9. The molecule has 1 aliphatic carbocycles. The van der Waals surface area contributed by atoms with Gasteiger partial charge in [0.05, 0.1) is 0 Å². The highest BCUT2D eigenvalue weighted by atomic mass is 32.1. The minimum Gasteiger partial charge on any atom is -0.356 e. The van der Waals surface area contributed by atoms with E-state index in [0.29, 0.717) is 31.1 Å².